The lowest BCUT2D eigenvalue weighted by Gasteiger charge is -2.32. The second-order valence-electron chi connectivity index (χ2n) is 5.90. The Morgan fingerprint density at radius 1 is 1.20 bits per heavy atom. The summed E-state index contributed by atoms with van der Waals surface area (Å²) in [6, 6.07) is -0.630. The Morgan fingerprint density at radius 3 is 2.30 bits per heavy atom. The van der Waals surface area contributed by atoms with E-state index in [-0.39, 0.29) is 17.6 Å². The number of amides is 1. The van der Waals surface area contributed by atoms with E-state index in [0.29, 0.717) is 6.42 Å². The fraction of sp³-hybridized carbons (Fsp3) is 0.929. The number of rotatable bonds is 7. The van der Waals surface area contributed by atoms with Gasteiger partial charge in [0, 0.05) is 13.1 Å². The first kappa shape index (κ1) is 17.4. The molecule has 0 aromatic heterocycles. The average molecular weight is 304 g/mol. The number of hydrogen-bond acceptors (Lipinski definition) is 3. The number of unbranched alkanes of at least 4 members (excludes halogenated alkanes) is 1. The van der Waals surface area contributed by atoms with Gasteiger partial charge in [-0.25, -0.2) is 13.1 Å². The van der Waals surface area contributed by atoms with Crippen LogP contribution in [0.1, 0.15) is 52.9 Å². The maximum Gasteiger partial charge on any atom is 0.241 e. The molecular formula is C14H28N2O3S. The number of nitrogens with zero attached hydrogens (tertiary/aromatic N) is 1. The average Bonchev–Trinajstić information content (AvgIpc) is 2.43. The van der Waals surface area contributed by atoms with E-state index in [1.807, 2.05) is 20.8 Å². The van der Waals surface area contributed by atoms with Gasteiger partial charge in [0.05, 0.1) is 5.75 Å². The molecular weight excluding hydrogens is 276 g/mol. The summed E-state index contributed by atoms with van der Waals surface area (Å²) in [4.78, 5) is 14.3. The second-order valence-corrected chi connectivity index (χ2v) is 7.77. The summed E-state index contributed by atoms with van der Waals surface area (Å²) in [5, 5.41) is 0. The first-order valence-electron chi connectivity index (χ1n) is 7.66. The summed E-state index contributed by atoms with van der Waals surface area (Å²) in [5.74, 6) is -0.0133. The largest absolute Gasteiger partial charge is 0.341 e. The van der Waals surface area contributed by atoms with Crippen LogP contribution in [0.4, 0.5) is 0 Å². The van der Waals surface area contributed by atoms with Gasteiger partial charge in [-0.2, -0.15) is 0 Å². The Kier molecular flexibility index (Phi) is 6.95. The molecule has 0 aromatic carbocycles. The summed E-state index contributed by atoms with van der Waals surface area (Å²) in [5.41, 5.74) is 0. The quantitative estimate of drug-likeness (QED) is 0.779. The predicted octanol–water partition coefficient (Wildman–Crippen LogP) is 1.74. The van der Waals surface area contributed by atoms with Gasteiger partial charge < -0.3 is 4.90 Å². The van der Waals surface area contributed by atoms with Crippen LogP contribution >= 0.6 is 0 Å². The molecule has 1 saturated heterocycles. The zero-order valence-electron chi connectivity index (χ0n) is 12.9. The van der Waals surface area contributed by atoms with Crippen LogP contribution in [-0.4, -0.2) is 44.1 Å². The summed E-state index contributed by atoms with van der Waals surface area (Å²) in [6.07, 6.45) is 4.63. The molecule has 118 valence electrons. The highest BCUT2D eigenvalue weighted by Crippen LogP contribution is 2.14. The van der Waals surface area contributed by atoms with E-state index < -0.39 is 16.1 Å². The predicted molar refractivity (Wildman–Crippen MR) is 80.9 cm³/mol. The van der Waals surface area contributed by atoms with Gasteiger partial charge in [0.1, 0.15) is 6.04 Å². The monoisotopic (exact) mass is 304 g/mol. The molecule has 1 rings (SSSR count). The van der Waals surface area contributed by atoms with Crippen molar-refractivity contribution in [2.45, 2.75) is 58.9 Å². The van der Waals surface area contributed by atoms with Crippen molar-refractivity contribution in [1.82, 2.24) is 9.62 Å². The molecule has 1 aliphatic heterocycles. The van der Waals surface area contributed by atoms with Crippen LogP contribution in [-0.2, 0) is 14.8 Å². The highest BCUT2D eigenvalue weighted by molar-refractivity contribution is 7.89. The third-order valence-corrected chi connectivity index (χ3v) is 5.11. The third-order valence-electron chi connectivity index (χ3n) is 3.67. The fourth-order valence-electron chi connectivity index (χ4n) is 2.37. The van der Waals surface area contributed by atoms with Crippen molar-refractivity contribution < 1.29 is 13.2 Å². The number of sulfonamides is 1. The number of carbonyl (C=O) groups is 1. The summed E-state index contributed by atoms with van der Waals surface area (Å²) in [6.45, 7) is 7.22. The van der Waals surface area contributed by atoms with Crippen LogP contribution in [0, 0.1) is 5.92 Å². The van der Waals surface area contributed by atoms with Gasteiger partial charge in [0.2, 0.25) is 15.9 Å². The number of likely N-dealkylation sites (tertiary alicyclic amines) is 1. The minimum atomic E-state index is -3.37. The molecule has 0 radical (unpaired) electrons. The maximum atomic E-state index is 12.5. The lowest BCUT2D eigenvalue weighted by Crippen LogP contribution is -2.52. The van der Waals surface area contributed by atoms with Crippen molar-refractivity contribution in [2.24, 2.45) is 5.92 Å². The Labute approximate surface area is 123 Å². The summed E-state index contributed by atoms with van der Waals surface area (Å²) in [7, 11) is -3.37. The SMILES string of the molecule is CCCCS(=O)(=O)N[C@H](C(=O)N1CCCCC1)C(C)C. The standard InChI is InChI=1S/C14H28N2O3S/c1-4-5-11-20(18,19)15-13(12(2)3)14(17)16-9-7-6-8-10-16/h12-13,15H,4-11H2,1-3H3/t13-/m0/s1. The molecule has 0 bridgehead atoms. The highest BCUT2D eigenvalue weighted by atomic mass is 32.2. The van der Waals surface area contributed by atoms with Crippen LogP contribution in [0.25, 0.3) is 0 Å². The first-order chi connectivity index (χ1) is 9.37. The molecule has 1 N–H and O–H groups in total. The molecule has 1 heterocycles. The second kappa shape index (κ2) is 7.98. The topological polar surface area (TPSA) is 66.5 Å². The minimum absolute atomic E-state index is 0.0409. The van der Waals surface area contributed by atoms with Gasteiger partial charge in [-0.1, -0.05) is 27.2 Å². The van der Waals surface area contributed by atoms with Crippen molar-refractivity contribution in [3.8, 4) is 0 Å². The molecule has 1 fully saturated rings. The Balaban J connectivity index is 2.70. The van der Waals surface area contributed by atoms with E-state index in [4.69, 9.17) is 0 Å². The molecule has 1 aliphatic rings. The van der Waals surface area contributed by atoms with E-state index in [2.05, 4.69) is 4.72 Å². The van der Waals surface area contributed by atoms with E-state index >= 15 is 0 Å². The van der Waals surface area contributed by atoms with E-state index in [1.54, 1.807) is 4.90 Å². The fourth-order valence-corrected chi connectivity index (χ4v) is 3.92. The molecule has 0 aliphatic carbocycles. The van der Waals surface area contributed by atoms with Crippen molar-refractivity contribution >= 4 is 15.9 Å². The molecule has 0 unspecified atom stereocenters. The van der Waals surface area contributed by atoms with Crippen LogP contribution in [0.2, 0.25) is 0 Å². The van der Waals surface area contributed by atoms with Crippen molar-refractivity contribution in [3.05, 3.63) is 0 Å². The molecule has 20 heavy (non-hydrogen) atoms. The van der Waals surface area contributed by atoms with Gasteiger partial charge in [0.15, 0.2) is 0 Å². The van der Waals surface area contributed by atoms with Crippen LogP contribution in [0.15, 0.2) is 0 Å². The smallest absolute Gasteiger partial charge is 0.241 e. The summed E-state index contributed by atoms with van der Waals surface area (Å²) >= 11 is 0. The van der Waals surface area contributed by atoms with Crippen LogP contribution in [0.3, 0.4) is 0 Å². The number of nitrogens with one attached hydrogen (secondary N) is 1. The molecule has 1 atom stereocenters. The third kappa shape index (κ3) is 5.40. The Morgan fingerprint density at radius 2 is 1.80 bits per heavy atom. The Hall–Kier alpha value is -0.620. The number of piperidine rings is 1. The number of hydrogen-bond donors (Lipinski definition) is 1. The zero-order chi connectivity index (χ0) is 15.2. The van der Waals surface area contributed by atoms with E-state index in [9.17, 15) is 13.2 Å². The van der Waals surface area contributed by atoms with Crippen molar-refractivity contribution in [2.75, 3.05) is 18.8 Å². The van der Waals surface area contributed by atoms with Crippen molar-refractivity contribution in [1.29, 1.82) is 0 Å². The lowest BCUT2D eigenvalue weighted by atomic mass is 10.0. The highest BCUT2D eigenvalue weighted by Gasteiger charge is 2.31. The van der Waals surface area contributed by atoms with Crippen LogP contribution in [0.5, 0.6) is 0 Å². The lowest BCUT2D eigenvalue weighted by molar-refractivity contribution is -0.134. The number of carbonyl (C=O) groups excluding carboxylic acids is 1. The molecule has 0 aromatic rings. The Bertz CT molecular complexity index is 401. The molecule has 0 spiro atoms. The maximum absolute atomic E-state index is 12.5. The molecule has 0 saturated carbocycles. The van der Waals surface area contributed by atoms with Gasteiger partial charge in [-0.15, -0.1) is 0 Å². The van der Waals surface area contributed by atoms with E-state index in [1.165, 1.54) is 0 Å². The summed E-state index contributed by atoms with van der Waals surface area (Å²) < 4.78 is 26.6. The van der Waals surface area contributed by atoms with Crippen LogP contribution < -0.4 is 4.72 Å². The van der Waals surface area contributed by atoms with E-state index in [0.717, 1.165) is 38.8 Å². The van der Waals surface area contributed by atoms with Gasteiger partial charge >= 0.3 is 0 Å². The normalized spacial score (nSPS) is 18.3. The molecule has 1 amide bonds. The first-order valence-corrected chi connectivity index (χ1v) is 9.31. The van der Waals surface area contributed by atoms with Gasteiger partial charge in [0.25, 0.3) is 0 Å². The van der Waals surface area contributed by atoms with Gasteiger partial charge in [-0.05, 0) is 31.6 Å². The molecule has 5 nitrogen and oxygen atoms in total. The minimum Gasteiger partial charge on any atom is -0.341 e. The molecule has 6 heteroatoms. The zero-order valence-corrected chi connectivity index (χ0v) is 13.7. The van der Waals surface area contributed by atoms with Gasteiger partial charge in [-0.3, -0.25) is 4.79 Å². The van der Waals surface area contributed by atoms with Crippen molar-refractivity contribution in [3.63, 3.8) is 0 Å².